The summed E-state index contributed by atoms with van der Waals surface area (Å²) in [4.78, 5) is 13.2. The summed E-state index contributed by atoms with van der Waals surface area (Å²) < 4.78 is 3.15. The van der Waals surface area contributed by atoms with Crippen LogP contribution in [0.4, 0.5) is 0 Å². The highest BCUT2D eigenvalue weighted by Crippen LogP contribution is 2.29. The van der Waals surface area contributed by atoms with E-state index in [1.807, 2.05) is 53.8 Å². The number of aromatic nitrogens is 3. The maximum absolute atomic E-state index is 12.3. The fourth-order valence-corrected chi connectivity index (χ4v) is 4.60. The Morgan fingerprint density at radius 3 is 2.81 bits per heavy atom. The molecule has 0 fully saturated rings. The van der Waals surface area contributed by atoms with Crippen LogP contribution in [0.2, 0.25) is 5.02 Å². The molecule has 1 atom stereocenters. The van der Waals surface area contributed by atoms with Gasteiger partial charge in [0.1, 0.15) is 0 Å². The van der Waals surface area contributed by atoms with Crippen molar-refractivity contribution in [3.05, 3.63) is 59.1 Å². The Hall–Kier alpha value is -2.09. The molecular formula is C18H15ClN4OS2. The standard InChI is InChI=1S/C18H15ClN4OS2/c1-11(12-6-8-13(19)9-7-12)20-16(24)10-25-17-21-22-18-23(17)14-4-2-3-5-15(14)26-18/h2-9,11H,10H2,1H3,(H,20,24). The van der Waals surface area contributed by atoms with Gasteiger partial charge in [-0.05, 0) is 36.8 Å². The van der Waals surface area contributed by atoms with Crippen LogP contribution in [0.15, 0.2) is 53.7 Å². The molecule has 5 nitrogen and oxygen atoms in total. The average Bonchev–Trinajstić information content (AvgIpc) is 3.19. The summed E-state index contributed by atoms with van der Waals surface area (Å²) in [6.45, 7) is 1.95. The minimum atomic E-state index is -0.0826. The van der Waals surface area contributed by atoms with E-state index in [0.29, 0.717) is 5.02 Å². The van der Waals surface area contributed by atoms with E-state index in [2.05, 4.69) is 21.6 Å². The number of hydrogen-bond acceptors (Lipinski definition) is 5. The van der Waals surface area contributed by atoms with Crippen molar-refractivity contribution in [3.63, 3.8) is 0 Å². The van der Waals surface area contributed by atoms with Gasteiger partial charge in [-0.3, -0.25) is 9.20 Å². The lowest BCUT2D eigenvalue weighted by molar-refractivity contribution is -0.119. The molecular weight excluding hydrogens is 388 g/mol. The van der Waals surface area contributed by atoms with Gasteiger partial charge in [-0.15, -0.1) is 10.2 Å². The molecule has 4 aromatic rings. The van der Waals surface area contributed by atoms with Gasteiger partial charge in [0.25, 0.3) is 0 Å². The highest BCUT2D eigenvalue weighted by Gasteiger charge is 2.15. The lowest BCUT2D eigenvalue weighted by Gasteiger charge is -2.14. The minimum Gasteiger partial charge on any atom is -0.349 e. The normalized spacial score (nSPS) is 12.5. The number of carbonyl (C=O) groups is 1. The first-order valence-electron chi connectivity index (χ1n) is 8.02. The molecule has 0 bridgehead atoms. The number of hydrogen-bond donors (Lipinski definition) is 1. The zero-order valence-electron chi connectivity index (χ0n) is 13.8. The Labute approximate surface area is 163 Å². The van der Waals surface area contributed by atoms with E-state index in [1.165, 1.54) is 11.8 Å². The van der Waals surface area contributed by atoms with Crippen LogP contribution >= 0.6 is 34.7 Å². The molecule has 132 valence electrons. The second-order valence-corrected chi connectivity index (χ2v) is 8.19. The Bertz CT molecular complexity index is 1070. The molecule has 2 aromatic heterocycles. The van der Waals surface area contributed by atoms with Crippen molar-refractivity contribution in [3.8, 4) is 0 Å². The zero-order chi connectivity index (χ0) is 18.1. The molecule has 0 aliphatic heterocycles. The largest absolute Gasteiger partial charge is 0.349 e. The van der Waals surface area contributed by atoms with Gasteiger partial charge in [-0.25, -0.2) is 0 Å². The van der Waals surface area contributed by atoms with E-state index in [9.17, 15) is 4.79 Å². The van der Waals surface area contributed by atoms with Crippen molar-refractivity contribution in [2.24, 2.45) is 0 Å². The maximum atomic E-state index is 12.3. The van der Waals surface area contributed by atoms with E-state index < -0.39 is 0 Å². The van der Waals surface area contributed by atoms with E-state index in [1.54, 1.807) is 11.3 Å². The number of amides is 1. The van der Waals surface area contributed by atoms with Gasteiger partial charge in [0, 0.05) is 5.02 Å². The van der Waals surface area contributed by atoms with Gasteiger partial charge in [-0.2, -0.15) is 0 Å². The first kappa shape index (κ1) is 17.3. The van der Waals surface area contributed by atoms with Crippen LogP contribution in [-0.2, 0) is 4.79 Å². The first-order valence-corrected chi connectivity index (χ1v) is 10.2. The summed E-state index contributed by atoms with van der Waals surface area (Å²) >= 11 is 8.88. The molecule has 1 amide bonds. The quantitative estimate of drug-likeness (QED) is 0.497. The van der Waals surface area contributed by atoms with Crippen LogP contribution in [0.3, 0.4) is 0 Å². The number of para-hydroxylation sites is 1. The number of benzene rings is 2. The third-order valence-electron chi connectivity index (χ3n) is 3.99. The second-order valence-electron chi connectivity index (χ2n) is 5.80. The number of halogens is 1. The molecule has 8 heteroatoms. The molecule has 0 aliphatic carbocycles. The van der Waals surface area contributed by atoms with Crippen molar-refractivity contribution in [2.45, 2.75) is 18.1 Å². The molecule has 4 rings (SSSR count). The molecule has 1 unspecified atom stereocenters. The van der Waals surface area contributed by atoms with Crippen molar-refractivity contribution < 1.29 is 4.79 Å². The average molecular weight is 403 g/mol. The molecule has 0 radical (unpaired) electrons. The lowest BCUT2D eigenvalue weighted by atomic mass is 10.1. The van der Waals surface area contributed by atoms with Gasteiger partial charge in [0.05, 0.1) is 22.0 Å². The Kier molecular flexibility index (Phi) is 4.84. The summed E-state index contributed by atoms with van der Waals surface area (Å²) in [5.74, 6) is 0.233. The van der Waals surface area contributed by atoms with Gasteiger partial charge in [0.15, 0.2) is 5.16 Å². The topological polar surface area (TPSA) is 59.3 Å². The van der Waals surface area contributed by atoms with Crippen LogP contribution in [0.1, 0.15) is 18.5 Å². The van der Waals surface area contributed by atoms with Crippen molar-refractivity contribution in [1.82, 2.24) is 19.9 Å². The molecule has 0 aliphatic rings. The van der Waals surface area contributed by atoms with E-state index >= 15 is 0 Å². The monoisotopic (exact) mass is 402 g/mol. The van der Waals surface area contributed by atoms with E-state index in [0.717, 1.165) is 25.9 Å². The van der Waals surface area contributed by atoms with E-state index in [-0.39, 0.29) is 17.7 Å². The number of rotatable bonds is 5. The predicted molar refractivity (Wildman–Crippen MR) is 107 cm³/mol. The van der Waals surface area contributed by atoms with Crippen LogP contribution < -0.4 is 5.32 Å². The molecule has 26 heavy (non-hydrogen) atoms. The summed E-state index contributed by atoms with van der Waals surface area (Å²) in [5, 5.41) is 12.8. The molecule has 0 saturated carbocycles. The summed E-state index contributed by atoms with van der Waals surface area (Å²) in [7, 11) is 0. The van der Waals surface area contributed by atoms with Gasteiger partial charge >= 0.3 is 0 Å². The minimum absolute atomic E-state index is 0.0475. The maximum Gasteiger partial charge on any atom is 0.230 e. The summed E-state index contributed by atoms with van der Waals surface area (Å²) in [6.07, 6.45) is 0. The van der Waals surface area contributed by atoms with Gasteiger partial charge in [-0.1, -0.05) is 59.0 Å². The molecule has 1 N–H and O–H groups in total. The van der Waals surface area contributed by atoms with Crippen molar-refractivity contribution >= 4 is 55.8 Å². The number of nitrogens with one attached hydrogen (secondary N) is 1. The van der Waals surface area contributed by atoms with Crippen LogP contribution in [0, 0.1) is 0 Å². The Balaban J connectivity index is 1.44. The van der Waals surface area contributed by atoms with E-state index in [4.69, 9.17) is 11.6 Å². The SMILES string of the molecule is CC(NC(=O)CSc1nnc2sc3ccccc3n12)c1ccc(Cl)cc1. The highest BCUT2D eigenvalue weighted by molar-refractivity contribution is 7.99. The van der Waals surface area contributed by atoms with Crippen LogP contribution in [0.5, 0.6) is 0 Å². The highest BCUT2D eigenvalue weighted by atomic mass is 35.5. The van der Waals surface area contributed by atoms with Crippen LogP contribution in [0.25, 0.3) is 15.2 Å². The number of fused-ring (bicyclic) bond motifs is 3. The molecule has 0 saturated heterocycles. The van der Waals surface area contributed by atoms with Gasteiger partial charge in [0.2, 0.25) is 10.9 Å². The van der Waals surface area contributed by atoms with Gasteiger partial charge < -0.3 is 5.32 Å². The zero-order valence-corrected chi connectivity index (χ0v) is 16.2. The number of thiazole rings is 1. The molecule has 0 spiro atoms. The van der Waals surface area contributed by atoms with Crippen LogP contribution in [-0.4, -0.2) is 26.3 Å². The third-order valence-corrected chi connectivity index (χ3v) is 6.18. The molecule has 2 heterocycles. The molecule has 2 aromatic carbocycles. The van der Waals surface area contributed by atoms with Crippen molar-refractivity contribution in [2.75, 3.05) is 5.75 Å². The Morgan fingerprint density at radius 2 is 2.00 bits per heavy atom. The number of nitrogens with zero attached hydrogens (tertiary/aromatic N) is 3. The summed E-state index contributed by atoms with van der Waals surface area (Å²) in [6, 6.07) is 15.5. The number of thioether (sulfide) groups is 1. The number of carbonyl (C=O) groups excluding carboxylic acids is 1. The fourth-order valence-electron chi connectivity index (χ4n) is 2.70. The second kappa shape index (κ2) is 7.26. The predicted octanol–water partition coefficient (Wildman–Crippen LogP) is 4.57. The lowest BCUT2D eigenvalue weighted by Crippen LogP contribution is -2.28. The van der Waals surface area contributed by atoms with Crippen molar-refractivity contribution in [1.29, 1.82) is 0 Å². The summed E-state index contributed by atoms with van der Waals surface area (Å²) in [5.41, 5.74) is 2.08. The third kappa shape index (κ3) is 3.42. The Morgan fingerprint density at radius 1 is 1.23 bits per heavy atom. The first-order chi connectivity index (χ1) is 12.6. The smallest absolute Gasteiger partial charge is 0.230 e. The fraction of sp³-hybridized carbons (Fsp3) is 0.167.